The maximum atomic E-state index is 10.7. The van der Waals surface area contributed by atoms with Gasteiger partial charge >= 0.3 is 5.97 Å². The number of aliphatic carboxylic acids is 1. The first-order valence-electron chi connectivity index (χ1n) is 11.3. The van der Waals surface area contributed by atoms with Crippen molar-refractivity contribution in [1.82, 2.24) is 0 Å². The number of hydrogen-bond acceptors (Lipinski definition) is 3. The number of carbonyl (C=O) groups is 1. The SMILES string of the molecule is CCCCC[C@H](O)c1ccc([C@@H]2[C@H]3C/C(=C/CCCC(=O)O)C[C@H]3C[C@H]2O)cc1. The van der Waals surface area contributed by atoms with Gasteiger partial charge in [0, 0.05) is 12.3 Å². The Morgan fingerprint density at radius 2 is 1.93 bits per heavy atom. The molecule has 0 spiro atoms. The molecule has 1 aromatic rings. The van der Waals surface area contributed by atoms with Gasteiger partial charge in [-0.3, -0.25) is 4.79 Å². The highest BCUT2D eigenvalue weighted by Gasteiger charge is 2.46. The van der Waals surface area contributed by atoms with E-state index in [-0.39, 0.29) is 18.4 Å². The molecule has 2 fully saturated rings. The molecule has 4 heteroatoms. The summed E-state index contributed by atoms with van der Waals surface area (Å²) in [5, 5.41) is 29.9. The number of aliphatic hydroxyl groups excluding tert-OH is 2. The predicted octanol–water partition coefficient (Wildman–Crippen LogP) is 5.36. The Hall–Kier alpha value is -1.65. The van der Waals surface area contributed by atoms with E-state index in [2.05, 4.69) is 25.1 Å². The summed E-state index contributed by atoms with van der Waals surface area (Å²) >= 11 is 0. The average molecular weight is 401 g/mol. The number of fused-ring (bicyclic) bond motifs is 1. The van der Waals surface area contributed by atoms with Gasteiger partial charge in [0.25, 0.3) is 0 Å². The van der Waals surface area contributed by atoms with E-state index in [1.807, 2.05) is 12.1 Å². The number of benzene rings is 1. The van der Waals surface area contributed by atoms with E-state index in [9.17, 15) is 15.0 Å². The highest BCUT2D eigenvalue weighted by molar-refractivity contribution is 5.66. The first-order chi connectivity index (χ1) is 14.0. The quantitative estimate of drug-likeness (QED) is 0.365. The molecule has 0 radical (unpaired) electrons. The zero-order valence-corrected chi connectivity index (χ0v) is 17.6. The van der Waals surface area contributed by atoms with E-state index in [4.69, 9.17) is 5.11 Å². The normalized spacial score (nSPS) is 28.6. The van der Waals surface area contributed by atoms with E-state index < -0.39 is 12.1 Å². The van der Waals surface area contributed by atoms with Gasteiger partial charge in [-0.2, -0.15) is 0 Å². The number of rotatable bonds is 10. The van der Waals surface area contributed by atoms with Gasteiger partial charge in [-0.1, -0.05) is 62.1 Å². The molecule has 0 heterocycles. The Labute approximate surface area is 174 Å². The van der Waals surface area contributed by atoms with Crippen LogP contribution in [0.25, 0.3) is 0 Å². The molecule has 2 saturated carbocycles. The van der Waals surface area contributed by atoms with Crippen molar-refractivity contribution in [1.29, 1.82) is 0 Å². The van der Waals surface area contributed by atoms with Crippen LogP contribution in [0.2, 0.25) is 0 Å². The minimum Gasteiger partial charge on any atom is -0.481 e. The fourth-order valence-electron chi connectivity index (χ4n) is 5.35. The highest BCUT2D eigenvalue weighted by Crippen LogP contribution is 2.53. The average Bonchev–Trinajstić information content (AvgIpc) is 3.21. The highest BCUT2D eigenvalue weighted by atomic mass is 16.4. The monoisotopic (exact) mass is 400 g/mol. The molecule has 0 amide bonds. The molecular formula is C25H36O4. The summed E-state index contributed by atoms with van der Waals surface area (Å²) in [6.07, 6.45) is 10.4. The lowest BCUT2D eigenvalue weighted by molar-refractivity contribution is -0.137. The summed E-state index contributed by atoms with van der Waals surface area (Å²) in [4.78, 5) is 10.7. The fourth-order valence-corrected chi connectivity index (χ4v) is 5.35. The largest absolute Gasteiger partial charge is 0.481 e. The van der Waals surface area contributed by atoms with Crippen molar-refractivity contribution in [3.05, 3.63) is 47.0 Å². The molecule has 5 atom stereocenters. The standard InChI is InChI=1S/C25H36O4/c1-2-3-4-8-22(26)18-10-12-19(13-11-18)25-21-15-17(7-5-6-9-24(28)29)14-20(21)16-23(25)27/h7,10-13,20-23,25-27H,2-6,8-9,14-16H2,1H3,(H,28,29)/b17-7+/t20-,21-,22-,23+,25+/m0/s1. The van der Waals surface area contributed by atoms with E-state index in [1.165, 1.54) is 11.1 Å². The van der Waals surface area contributed by atoms with Crippen LogP contribution in [0.5, 0.6) is 0 Å². The fraction of sp³-hybridized carbons (Fsp3) is 0.640. The zero-order chi connectivity index (χ0) is 20.8. The van der Waals surface area contributed by atoms with Crippen molar-refractivity contribution in [3.63, 3.8) is 0 Å². The lowest BCUT2D eigenvalue weighted by Crippen LogP contribution is -2.17. The summed E-state index contributed by atoms with van der Waals surface area (Å²) in [6, 6.07) is 8.26. The smallest absolute Gasteiger partial charge is 0.303 e. The maximum Gasteiger partial charge on any atom is 0.303 e. The van der Waals surface area contributed by atoms with Crippen molar-refractivity contribution in [2.75, 3.05) is 0 Å². The summed E-state index contributed by atoms with van der Waals surface area (Å²) in [7, 11) is 0. The van der Waals surface area contributed by atoms with Crippen molar-refractivity contribution < 1.29 is 20.1 Å². The summed E-state index contributed by atoms with van der Waals surface area (Å²) < 4.78 is 0. The second kappa shape index (κ2) is 10.4. The van der Waals surface area contributed by atoms with Gasteiger partial charge < -0.3 is 15.3 Å². The molecule has 1 aromatic carbocycles. The van der Waals surface area contributed by atoms with Crippen molar-refractivity contribution in [3.8, 4) is 0 Å². The lowest BCUT2D eigenvalue weighted by Gasteiger charge is -2.22. The summed E-state index contributed by atoms with van der Waals surface area (Å²) in [5.74, 6) is 0.432. The van der Waals surface area contributed by atoms with E-state index in [1.54, 1.807) is 0 Å². The van der Waals surface area contributed by atoms with Gasteiger partial charge in [-0.25, -0.2) is 0 Å². The van der Waals surface area contributed by atoms with Crippen LogP contribution in [0.15, 0.2) is 35.9 Å². The molecule has 4 nitrogen and oxygen atoms in total. The second-order valence-electron chi connectivity index (χ2n) is 8.99. The van der Waals surface area contributed by atoms with Gasteiger partial charge in [0.05, 0.1) is 12.2 Å². The number of allylic oxidation sites excluding steroid dienone is 2. The maximum absolute atomic E-state index is 10.7. The Morgan fingerprint density at radius 3 is 2.62 bits per heavy atom. The van der Waals surface area contributed by atoms with E-state index in [0.717, 1.165) is 56.9 Å². The topological polar surface area (TPSA) is 77.8 Å². The van der Waals surface area contributed by atoms with Crippen LogP contribution < -0.4 is 0 Å². The Kier molecular flexibility index (Phi) is 7.91. The third-order valence-corrected chi connectivity index (χ3v) is 6.86. The lowest BCUT2D eigenvalue weighted by atomic mass is 9.84. The van der Waals surface area contributed by atoms with Crippen LogP contribution in [0.3, 0.4) is 0 Å². The first-order valence-corrected chi connectivity index (χ1v) is 11.3. The summed E-state index contributed by atoms with van der Waals surface area (Å²) in [5.41, 5.74) is 3.59. The molecular weight excluding hydrogens is 364 g/mol. The minimum absolute atomic E-state index is 0.163. The zero-order valence-electron chi connectivity index (χ0n) is 17.6. The van der Waals surface area contributed by atoms with E-state index >= 15 is 0 Å². The van der Waals surface area contributed by atoms with E-state index in [0.29, 0.717) is 18.3 Å². The number of carboxylic acid groups (broad SMARTS) is 1. The summed E-state index contributed by atoms with van der Waals surface area (Å²) in [6.45, 7) is 2.17. The molecule has 3 N–H and O–H groups in total. The molecule has 29 heavy (non-hydrogen) atoms. The number of unbranched alkanes of at least 4 members (excludes halogenated alkanes) is 3. The van der Waals surface area contributed by atoms with Crippen molar-refractivity contribution >= 4 is 5.97 Å². The number of carboxylic acids is 1. The Morgan fingerprint density at radius 1 is 1.17 bits per heavy atom. The molecule has 0 aliphatic heterocycles. The van der Waals surface area contributed by atoms with Crippen LogP contribution in [0.4, 0.5) is 0 Å². The molecule has 3 rings (SSSR count). The molecule has 0 bridgehead atoms. The van der Waals surface area contributed by atoms with Gasteiger partial charge in [0.1, 0.15) is 0 Å². The van der Waals surface area contributed by atoms with Crippen molar-refractivity contribution in [2.45, 2.75) is 89.3 Å². The van der Waals surface area contributed by atoms with Crippen molar-refractivity contribution in [2.24, 2.45) is 11.8 Å². The van der Waals surface area contributed by atoms with Crippen LogP contribution in [-0.4, -0.2) is 27.4 Å². The molecule has 0 saturated heterocycles. The molecule has 2 aliphatic carbocycles. The third-order valence-electron chi connectivity index (χ3n) is 6.86. The van der Waals surface area contributed by atoms with Crippen LogP contribution in [0, 0.1) is 11.8 Å². The van der Waals surface area contributed by atoms with Gasteiger partial charge in [-0.05, 0) is 61.5 Å². The minimum atomic E-state index is -0.728. The molecule has 0 unspecified atom stereocenters. The number of aliphatic hydroxyl groups is 2. The predicted molar refractivity (Wildman–Crippen MR) is 115 cm³/mol. The van der Waals surface area contributed by atoms with Crippen LogP contribution in [-0.2, 0) is 4.79 Å². The first kappa shape index (κ1) is 22.0. The van der Waals surface area contributed by atoms with Crippen LogP contribution in [0.1, 0.15) is 94.3 Å². The Bertz CT molecular complexity index is 693. The molecule has 0 aromatic heterocycles. The van der Waals surface area contributed by atoms with Gasteiger partial charge in [-0.15, -0.1) is 0 Å². The van der Waals surface area contributed by atoms with Crippen LogP contribution >= 0.6 is 0 Å². The van der Waals surface area contributed by atoms with Gasteiger partial charge in [0.2, 0.25) is 0 Å². The molecule has 2 aliphatic rings. The number of hydrogen-bond donors (Lipinski definition) is 3. The second-order valence-corrected chi connectivity index (χ2v) is 8.99. The third kappa shape index (κ3) is 5.70. The Balaban J connectivity index is 1.60. The van der Waals surface area contributed by atoms with Gasteiger partial charge in [0.15, 0.2) is 0 Å². The molecule has 160 valence electrons.